The highest BCUT2D eigenvalue weighted by molar-refractivity contribution is 7.89. The molecule has 0 N–H and O–H groups in total. The van der Waals surface area contributed by atoms with Crippen molar-refractivity contribution < 1.29 is 13.2 Å². The summed E-state index contributed by atoms with van der Waals surface area (Å²) in [5.74, 6) is 0.646. The number of unbranched alkanes of at least 4 members (excludes halogenated alkanes) is 1. The maximum atomic E-state index is 12.3. The number of ether oxygens (including phenoxy) is 1. The van der Waals surface area contributed by atoms with E-state index in [0.29, 0.717) is 32.0 Å². The fraction of sp³-hybridized carbons (Fsp3) is 0.667. The van der Waals surface area contributed by atoms with Crippen LogP contribution in [0, 0.1) is 0 Å². The van der Waals surface area contributed by atoms with E-state index < -0.39 is 10.0 Å². The third-order valence-electron chi connectivity index (χ3n) is 2.64. The van der Waals surface area contributed by atoms with Gasteiger partial charge in [-0.25, -0.2) is 8.42 Å². The van der Waals surface area contributed by atoms with E-state index in [1.54, 1.807) is 18.4 Å². The first-order valence-electron chi connectivity index (χ1n) is 6.15. The van der Waals surface area contributed by atoms with Gasteiger partial charge in [-0.05, 0) is 24.3 Å². The van der Waals surface area contributed by atoms with Crippen molar-refractivity contribution in [2.24, 2.45) is 0 Å². The normalized spacial score (nSPS) is 12.2. The first kappa shape index (κ1) is 16.9. The van der Waals surface area contributed by atoms with Crippen molar-refractivity contribution >= 4 is 33.0 Å². The van der Waals surface area contributed by atoms with Crippen LogP contribution in [0.15, 0.2) is 17.5 Å². The Bertz CT molecular complexity index is 434. The Hall–Kier alpha value is -0.140. The molecule has 19 heavy (non-hydrogen) atoms. The van der Waals surface area contributed by atoms with Gasteiger partial charge in [0.2, 0.25) is 10.0 Å². The van der Waals surface area contributed by atoms with Crippen LogP contribution in [0.5, 0.6) is 0 Å². The first-order chi connectivity index (χ1) is 9.10. The number of hydrogen-bond acceptors (Lipinski definition) is 4. The summed E-state index contributed by atoms with van der Waals surface area (Å²) in [4.78, 5) is 1.04. The van der Waals surface area contributed by atoms with Gasteiger partial charge in [0.15, 0.2) is 0 Å². The van der Waals surface area contributed by atoms with Gasteiger partial charge in [0.05, 0.1) is 12.4 Å². The lowest BCUT2D eigenvalue weighted by atomic mass is 10.4. The third kappa shape index (κ3) is 6.23. The van der Waals surface area contributed by atoms with Crippen LogP contribution in [0.2, 0.25) is 0 Å². The Morgan fingerprint density at radius 2 is 2.21 bits per heavy atom. The molecule has 0 unspecified atom stereocenters. The molecular formula is C12H20ClNO3S2. The van der Waals surface area contributed by atoms with E-state index in [1.165, 1.54) is 4.31 Å². The number of methoxy groups -OCH3 is 1. The van der Waals surface area contributed by atoms with Gasteiger partial charge >= 0.3 is 0 Å². The van der Waals surface area contributed by atoms with Gasteiger partial charge in [-0.3, -0.25) is 0 Å². The summed E-state index contributed by atoms with van der Waals surface area (Å²) in [6.45, 7) is 1.21. The molecule has 7 heteroatoms. The minimum atomic E-state index is -3.24. The molecule has 1 aromatic rings. The quantitative estimate of drug-likeness (QED) is 0.490. The highest BCUT2D eigenvalue weighted by Gasteiger charge is 2.21. The SMILES string of the molecule is COCCN(Cc1cccs1)S(=O)(=O)CCCCCl. The summed E-state index contributed by atoms with van der Waals surface area (Å²) < 4.78 is 31.0. The molecule has 0 saturated carbocycles. The van der Waals surface area contributed by atoms with Crippen molar-refractivity contribution in [3.05, 3.63) is 22.4 Å². The average molecular weight is 326 g/mol. The molecule has 0 saturated heterocycles. The van der Waals surface area contributed by atoms with Crippen molar-refractivity contribution in [1.82, 2.24) is 4.31 Å². The van der Waals surface area contributed by atoms with Crippen LogP contribution in [-0.4, -0.2) is 44.6 Å². The van der Waals surface area contributed by atoms with E-state index in [0.717, 1.165) is 11.3 Å². The summed E-state index contributed by atoms with van der Waals surface area (Å²) in [5.41, 5.74) is 0. The minimum absolute atomic E-state index is 0.148. The molecule has 4 nitrogen and oxygen atoms in total. The molecule has 0 atom stereocenters. The largest absolute Gasteiger partial charge is 0.383 e. The average Bonchev–Trinajstić information content (AvgIpc) is 2.87. The predicted molar refractivity (Wildman–Crippen MR) is 80.3 cm³/mol. The molecule has 0 fully saturated rings. The van der Waals surface area contributed by atoms with Crippen LogP contribution in [0.25, 0.3) is 0 Å². The van der Waals surface area contributed by atoms with E-state index in [1.807, 2.05) is 17.5 Å². The molecule has 1 heterocycles. The van der Waals surface area contributed by atoms with Gasteiger partial charge in [-0.2, -0.15) is 4.31 Å². The molecule has 0 aromatic carbocycles. The number of alkyl halides is 1. The molecule has 0 aliphatic heterocycles. The highest BCUT2D eigenvalue weighted by atomic mass is 35.5. The second-order valence-electron chi connectivity index (χ2n) is 4.12. The van der Waals surface area contributed by atoms with E-state index in [2.05, 4.69) is 0 Å². The lowest BCUT2D eigenvalue weighted by Gasteiger charge is -2.21. The number of sulfonamides is 1. The van der Waals surface area contributed by atoms with Crippen LogP contribution in [0.4, 0.5) is 0 Å². The Balaban J connectivity index is 2.65. The van der Waals surface area contributed by atoms with Gasteiger partial charge < -0.3 is 4.74 Å². The van der Waals surface area contributed by atoms with E-state index in [9.17, 15) is 8.42 Å². The topological polar surface area (TPSA) is 46.6 Å². The molecule has 0 aliphatic rings. The summed E-state index contributed by atoms with van der Waals surface area (Å²) >= 11 is 7.14. The van der Waals surface area contributed by atoms with Crippen LogP contribution in [-0.2, 0) is 21.3 Å². The van der Waals surface area contributed by atoms with Crippen LogP contribution in [0.3, 0.4) is 0 Å². The fourth-order valence-corrected chi connectivity index (χ4v) is 4.10. The van der Waals surface area contributed by atoms with Crippen LogP contribution < -0.4 is 0 Å². The molecule has 0 bridgehead atoms. The van der Waals surface area contributed by atoms with E-state index in [4.69, 9.17) is 16.3 Å². The highest BCUT2D eigenvalue weighted by Crippen LogP contribution is 2.15. The zero-order valence-corrected chi connectivity index (χ0v) is 13.4. The van der Waals surface area contributed by atoms with Gasteiger partial charge in [-0.15, -0.1) is 22.9 Å². The lowest BCUT2D eigenvalue weighted by molar-refractivity contribution is 0.177. The van der Waals surface area contributed by atoms with Gasteiger partial charge in [0.1, 0.15) is 0 Å². The maximum absolute atomic E-state index is 12.3. The molecule has 0 radical (unpaired) electrons. The zero-order chi connectivity index (χ0) is 14.1. The zero-order valence-electron chi connectivity index (χ0n) is 11.0. The Labute approximate surface area is 124 Å². The summed E-state index contributed by atoms with van der Waals surface area (Å²) in [5, 5.41) is 1.95. The number of nitrogens with zero attached hydrogens (tertiary/aromatic N) is 1. The molecule has 0 spiro atoms. The fourth-order valence-electron chi connectivity index (χ4n) is 1.59. The van der Waals surface area contributed by atoms with E-state index >= 15 is 0 Å². The smallest absolute Gasteiger partial charge is 0.214 e. The molecular weight excluding hydrogens is 306 g/mol. The Morgan fingerprint density at radius 1 is 1.42 bits per heavy atom. The molecule has 0 aliphatic carbocycles. The number of hydrogen-bond donors (Lipinski definition) is 0. The van der Waals surface area contributed by atoms with Gasteiger partial charge in [0.25, 0.3) is 0 Å². The van der Waals surface area contributed by atoms with Crippen molar-refractivity contribution in [2.75, 3.05) is 31.9 Å². The molecule has 0 amide bonds. The van der Waals surface area contributed by atoms with Crippen molar-refractivity contribution in [1.29, 1.82) is 0 Å². The molecule has 110 valence electrons. The second kappa shape index (κ2) is 8.92. The molecule has 1 rings (SSSR count). The Morgan fingerprint density at radius 3 is 2.79 bits per heavy atom. The van der Waals surface area contributed by atoms with Crippen LogP contribution >= 0.6 is 22.9 Å². The minimum Gasteiger partial charge on any atom is -0.383 e. The Kier molecular flexibility index (Phi) is 7.94. The van der Waals surface area contributed by atoms with Gasteiger partial charge in [-0.1, -0.05) is 6.07 Å². The molecule has 1 aromatic heterocycles. The van der Waals surface area contributed by atoms with Crippen molar-refractivity contribution in [3.8, 4) is 0 Å². The van der Waals surface area contributed by atoms with Gasteiger partial charge in [0, 0.05) is 31.0 Å². The maximum Gasteiger partial charge on any atom is 0.214 e. The number of halogens is 1. The van der Waals surface area contributed by atoms with Crippen LogP contribution in [0.1, 0.15) is 17.7 Å². The lowest BCUT2D eigenvalue weighted by Crippen LogP contribution is -2.35. The first-order valence-corrected chi connectivity index (χ1v) is 9.17. The summed E-state index contributed by atoms with van der Waals surface area (Å²) in [6, 6.07) is 3.87. The van der Waals surface area contributed by atoms with Crippen molar-refractivity contribution in [2.45, 2.75) is 19.4 Å². The monoisotopic (exact) mass is 325 g/mol. The van der Waals surface area contributed by atoms with Crippen molar-refractivity contribution in [3.63, 3.8) is 0 Å². The summed E-state index contributed by atoms with van der Waals surface area (Å²) in [6.07, 6.45) is 1.32. The number of thiophene rings is 1. The predicted octanol–water partition coefficient (Wildman–Crippen LogP) is 2.55. The van der Waals surface area contributed by atoms with E-state index in [-0.39, 0.29) is 5.75 Å². The summed E-state index contributed by atoms with van der Waals surface area (Å²) in [7, 11) is -1.67. The second-order valence-corrected chi connectivity index (χ2v) is 7.62. The standard InChI is InChI=1S/C12H20ClNO3S2/c1-17-8-7-14(11-12-5-4-9-18-12)19(15,16)10-3-2-6-13/h4-5,9H,2-3,6-8,10-11H2,1H3. The number of rotatable bonds is 10. The third-order valence-corrected chi connectivity index (χ3v) is 5.67.